The first-order valence-corrected chi connectivity index (χ1v) is 8.54. The molecule has 3 nitrogen and oxygen atoms in total. The van der Waals surface area contributed by atoms with Crippen molar-refractivity contribution in [1.29, 1.82) is 0 Å². The first kappa shape index (κ1) is 14.5. The van der Waals surface area contributed by atoms with Gasteiger partial charge in [-0.3, -0.25) is 0 Å². The van der Waals surface area contributed by atoms with Crippen molar-refractivity contribution in [3.05, 3.63) is 29.3 Å². The Hall–Kier alpha value is -0.870. The molecule has 0 radical (unpaired) electrons. The van der Waals surface area contributed by atoms with E-state index in [4.69, 9.17) is 5.73 Å². The second kappa shape index (κ2) is 5.63. The van der Waals surface area contributed by atoms with Gasteiger partial charge in [-0.25, -0.2) is 8.42 Å². The molecule has 1 saturated carbocycles. The van der Waals surface area contributed by atoms with E-state index in [1.165, 1.54) is 0 Å². The first-order chi connectivity index (χ1) is 8.93. The lowest BCUT2D eigenvalue weighted by atomic mass is 10.1. The van der Waals surface area contributed by atoms with Crippen LogP contribution in [-0.4, -0.2) is 19.7 Å². The summed E-state index contributed by atoms with van der Waals surface area (Å²) in [6.07, 6.45) is 4.60. The van der Waals surface area contributed by atoms with Gasteiger partial charge in [0.25, 0.3) is 0 Å². The standard InChI is InChI=1S/C15H23NO2S/c1-11-8-9-12(2)15(10-11)19(17,18)14-7-5-3-4-6-13(14)16/h8-10,13-14H,3-7,16H2,1-2H3. The van der Waals surface area contributed by atoms with Crippen LogP contribution in [0.4, 0.5) is 0 Å². The number of aryl methyl sites for hydroxylation is 2. The van der Waals surface area contributed by atoms with Gasteiger partial charge in [-0.05, 0) is 43.9 Å². The zero-order valence-corrected chi connectivity index (χ0v) is 12.5. The molecular weight excluding hydrogens is 258 g/mol. The molecule has 1 aliphatic carbocycles. The minimum atomic E-state index is -3.31. The average Bonchev–Trinajstić information content (AvgIpc) is 2.57. The van der Waals surface area contributed by atoms with E-state index in [1.807, 2.05) is 26.0 Å². The molecule has 1 aromatic rings. The molecule has 0 aromatic heterocycles. The largest absolute Gasteiger partial charge is 0.327 e. The molecule has 106 valence electrons. The Morgan fingerprint density at radius 1 is 1.11 bits per heavy atom. The molecule has 1 aliphatic rings. The van der Waals surface area contributed by atoms with Crippen LogP contribution in [0, 0.1) is 13.8 Å². The number of rotatable bonds is 2. The highest BCUT2D eigenvalue weighted by Crippen LogP contribution is 2.29. The van der Waals surface area contributed by atoms with Crippen LogP contribution >= 0.6 is 0 Å². The lowest BCUT2D eigenvalue weighted by Crippen LogP contribution is -2.39. The van der Waals surface area contributed by atoms with Crippen LogP contribution in [0.1, 0.15) is 43.2 Å². The smallest absolute Gasteiger partial charge is 0.183 e. The Kier molecular flexibility index (Phi) is 4.31. The van der Waals surface area contributed by atoms with Crippen LogP contribution in [-0.2, 0) is 9.84 Å². The molecule has 2 unspecified atom stereocenters. The predicted molar refractivity (Wildman–Crippen MR) is 78.0 cm³/mol. The lowest BCUT2D eigenvalue weighted by Gasteiger charge is -2.22. The summed E-state index contributed by atoms with van der Waals surface area (Å²) < 4.78 is 25.7. The molecule has 2 atom stereocenters. The van der Waals surface area contributed by atoms with Gasteiger partial charge < -0.3 is 5.73 Å². The Morgan fingerprint density at radius 2 is 1.79 bits per heavy atom. The van der Waals surface area contributed by atoms with Gasteiger partial charge in [-0.2, -0.15) is 0 Å². The summed E-state index contributed by atoms with van der Waals surface area (Å²) in [5.41, 5.74) is 7.91. The Morgan fingerprint density at radius 3 is 2.53 bits per heavy atom. The Labute approximate surface area is 116 Å². The molecule has 0 heterocycles. The summed E-state index contributed by atoms with van der Waals surface area (Å²) in [5.74, 6) is 0. The van der Waals surface area contributed by atoms with E-state index in [9.17, 15) is 8.42 Å². The van der Waals surface area contributed by atoms with E-state index >= 15 is 0 Å². The molecule has 4 heteroatoms. The van der Waals surface area contributed by atoms with Crippen LogP contribution < -0.4 is 5.73 Å². The zero-order valence-electron chi connectivity index (χ0n) is 11.7. The third kappa shape index (κ3) is 3.00. The van der Waals surface area contributed by atoms with Crippen molar-refractivity contribution in [2.45, 2.75) is 62.1 Å². The zero-order chi connectivity index (χ0) is 14.0. The third-order valence-corrected chi connectivity index (χ3v) is 6.49. The maximum atomic E-state index is 12.8. The number of hydrogen-bond acceptors (Lipinski definition) is 3. The number of nitrogens with two attached hydrogens (primary N) is 1. The maximum Gasteiger partial charge on any atom is 0.183 e. The van der Waals surface area contributed by atoms with Gasteiger partial charge in [0.15, 0.2) is 9.84 Å². The molecule has 0 aliphatic heterocycles. The molecule has 0 bridgehead atoms. The molecule has 0 amide bonds. The van der Waals surface area contributed by atoms with Crippen molar-refractivity contribution in [1.82, 2.24) is 0 Å². The predicted octanol–water partition coefficient (Wildman–Crippen LogP) is 2.74. The molecule has 1 fully saturated rings. The van der Waals surface area contributed by atoms with Crippen LogP contribution in [0.25, 0.3) is 0 Å². The topological polar surface area (TPSA) is 60.2 Å². The molecule has 2 N–H and O–H groups in total. The quantitative estimate of drug-likeness (QED) is 0.848. The number of hydrogen-bond donors (Lipinski definition) is 1. The fourth-order valence-corrected chi connectivity index (χ4v) is 5.13. The van der Waals surface area contributed by atoms with Gasteiger partial charge in [0.2, 0.25) is 0 Å². The van der Waals surface area contributed by atoms with Crippen molar-refractivity contribution < 1.29 is 8.42 Å². The summed E-state index contributed by atoms with van der Waals surface area (Å²) in [4.78, 5) is 0.467. The highest BCUT2D eigenvalue weighted by molar-refractivity contribution is 7.92. The van der Waals surface area contributed by atoms with Gasteiger partial charge >= 0.3 is 0 Å². The normalized spacial score (nSPS) is 25.0. The van der Waals surface area contributed by atoms with Crippen LogP contribution in [0.5, 0.6) is 0 Å². The highest BCUT2D eigenvalue weighted by atomic mass is 32.2. The third-order valence-electron chi connectivity index (χ3n) is 4.05. The van der Waals surface area contributed by atoms with Crippen molar-refractivity contribution in [3.63, 3.8) is 0 Å². The van der Waals surface area contributed by atoms with E-state index in [0.717, 1.165) is 36.8 Å². The Balaban J connectivity index is 2.43. The lowest BCUT2D eigenvalue weighted by molar-refractivity contribution is 0.531. The molecule has 1 aromatic carbocycles. The molecular formula is C15H23NO2S. The fourth-order valence-electron chi connectivity index (χ4n) is 2.86. The second-order valence-electron chi connectivity index (χ2n) is 5.65. The minimum absolute atomic E-state index is 0.229. The average molecular weight is 281 g/mol. The molecule has 19 heavy (non-hydrogen) atoms. The van der Waals surface area contributed by atoms with E-state index in [2.05, 4.69) is 0 Å². The van der Waals surface area contributed by atoms with Crippen molar-refractivity contribution in [2.75, 3.05) is 0 Å². The van der Waals surface area contributed by atoms with Gasteiger partial charge in [0.05, 0.1) is 10.1 Å². The van der Waals surface area contributed by atoms with Crippen molar-refractivity contribution in [3.8, 4) is 0 Å². The highest BCUT2D eigenvalue weighted by Gasteiger charge is 2.34. The summed E-state index contributed by atoms with van der Waals surface area (Å²) in [6.45, 7) is 3.78. The van der Waals surface area contributed by atoms with Gasteiger partial charge in [0, 0.05) is 6.04 Å². The van der Waals surface area contributed by atoms with Gasteiger partial charge in [0.1, 0.15) is 0 Å². The van der Waals surface area contributed by atoms with E-state index in [1.54, 1.807) is 6.07 Å². The van der Waals surface area contributed by atoms with Crippen LogP contribution in [0.3, 0.4) is 0 Å². The molecule has 0 spiro atoms. The summed E-state index contributed by atoms with van der Waals surface area (Å²) in [7, 11) is -3.31. The Bertz CT molecular complexity index is 551. The number of benzene rings is 1. The maximum absolute atomic E-state index is 12.8. The molecule has 0 saturated heterocycles. The number of sulfone groups is 1. The fraction of sp³-hybridized carbons (Fsp3) is 0.600. The summed E-state index contributed by atoms with van der Waals surface area (Å²) in [6, 6.07) is 5.38. The monoisotopic (exact) mass is 281 g/mol. The van der Waals surface area contributed by atoms with Crippen LogP contribution in [0.2, 0.25) is 0 Å². The summed E-state index contributed by atoms with van der Waals surface area (Å²) in [5, 5.41) is -0.421. The van der Waals surface area contributed by atoms with Gasteiger partial charge in [-0.15, -0.1) is 0 Å². The van der Waals surface area contributed by atoms with E-state index in [0.29, 0.717) is 11.3 Å². The first-order valence-electron chi connectivity index (χ1n) is 6.99. The van der Waals surface area contributed by atoms with E-state index in [-0.39, 0.29) is 6.04 Å². The minimum Gasteiger partial charge on any atom is -0.327 e. The van der Waals surface area contributed by atoms with Gasteiger partial charge in [-0.1, -0.05) is 31.4 Å². The van der Waals surface area contributed by atoms with E-state index < -0.39 is 15.1 Å². The SMILES string of the molecule is Cc1ccc(C)c(S(=O)(=O)C2CCCCCC2N)c1. The van der Waals surface area contributed by atoms with Crippen LogP contribution in [0.15, 0.2) is 23.1 Å². The molecule has 2 rings (SSSR count). The second-order valence-corrected chi connectivity index (χ2v) is 7.79. The van der Waals surface area contributed by atoms with Crippen molar-refractivity contribution in [2.24, 2.45) is 5.73 Å². The summed E-state index contributed by atoms with van der Waals surface area (Å²) >= 11 is 0. The van der Waals surface area contributed by atoms with Crippen molar-refractivity contribution >= 4 is 9.84 Å².